The van der Waals surface area contributed by atoms with Crippen molar-refractivity contribution in [2.45, 2.75) is 45.1 Å². The third-order valence-corrected chi connectivity index (χ3v) is 2.95. The lowest BCUT2D eigenvalue weighted by molar-refractivity contribution is 0.110. The van der Waals surface area contributed by atoms with Crippen LogP contribution in [0.5, 0.6) is 0 Å². The summed E-state index contributed by atoms with van der Waals surface area (Å²) in [5.41, 5.74) is 2.70. The third kappa shape index (κ3) is 4.88. The van der Waals surface area contributed by atoms with E-state index in [-0.39, 0.29) is 11.5 Å². The maximum atomic E-state index is 9.78. The van der Waals surface area contributed by atoms with Gasteiger partial charge in [-0.05, 0) is 29.4 Å². The van der Waals surface area contributed by atoms with Gasteiger partial charge in [0.2, 0.25) is 0 Å². The quantitative estimate of drug-likeness (QED) is 0.851. The summed E-state index contributed by atoms with van der Waals surface area (Å²) >= 11 is 0. The van der Waals surface area contributed by atoms with E-state index < -0.39 is 0 Å². The molecule has 0 aliphatic rings. The van der Waals surface area contributed by atoms with Gasteiger partial charge < -0.3 is 9.84 Å². The van der Waals surface area contributed by atoms with E-state index in [1.807, 2.05) is 0 Å². The lowest BCUT2D eigenvalue weighted by Gasteiger charge is -2.19. The van der Waals surface area contributed by atoms with Crippen LogP contribution in [0.1, 0.15) is 38.3 Å². The maximum Gasteiger partial charge on any atom is 0.0602 e. The zero-order valence-corrected chi connectivity index (χ0v) is 11.4. The summed E-state index contributed by atoms with van der Waals surface area (Å²) < 4.78 is 4.95. The first-order valence-electron chi connectivity index (χ1n) is 6.20. The topological polar surface area (TPSA) is 29.5 Å². The Morgan fingerprint density at radius 2 is 1.76 bits per heavy atom. The number of aliphatic hydroxyl groups is 1. The molecule has 0 spiro atoms. The van der Waals surface area contributed by atoms with E-state index in [0.29, 0.717) is 19.4 Å². The molecule has 0 bridgehead atoms. The molecule has 17 heavy (non-hydrogen) atoms. The number of methoxy groups -OCH3 is 1. The van der Waals surface area contributed by atoms with Crippen LogP contribution < -0.4 is 0 Å². The van der Waals surface area contributed by atoms with Gasteiger partial charge in [-0.25, -0.2) is 0 Å². The molecular formula is C15H24O2. The molecule has 0 aliphatic carbocycles. The molecule has 0 saturated carbocycles. The molecular weight excluding hydrogens is 212 g/mol. The first kappa shape index (κ1) is 14.2. The van der Waals surface area contributed by atoms with Crippen molar-refractivity contribution < 1.29 is 9.84 Å². The highest BCUT2D eigenvalue weighted by molar-refractivity contribution is 5.27. The SMILES string of the molecule is COCCC(O)Cc1ccc(C(C)(C)C)cc1. The Morgan fingerprint density at radius 1 is 1.18 bits per heavy atom. The minimum atomic E-state index is -0.310. The Morgan fingerprint density at radius 3 is 2.24 bits per heavy atom. The molecule has 1 rings (SSSR count). The van der Waals surface area contributed by atoms with Crippen molar-refractivity contribution in [3.05, 3.63) is 35.4 Å². The predicted molar refractivity (Wildman–Crippen MR) is 71.3 cm³/mol. The molecule has 0 aliphatic heterocycles. The average Bonchev–Trinajstić information content (AvgIpc) is 2.26. The standard InChI is InChI=1S/C15H24O2/c1-15(2,3)13-7-5-12(6-8-13)11-14(16)9-10-17-4/h5-8,14,16H,9-11H2,1-4H3. The van der Waals surface area contributed by atoms with E-state index in [9.17, 15) is 5.11 Å². The van der Waals surface area contributed by atoms with Gasteiger partial charge in [-0.2, -0.15) is 0 Å². The van der Waals surface area contributed by atoms with Gasteiger partial charge in [0.15, 0.2) is 0 Å². The second-order valence-electron chi connectivity index (χ2n) is 5.59. The summed E-state index contributed by atoms with van der Waals surface area (Å²) in [7, 11) is 1.66. The zero-order valence-electron chi connectivity index (χ0n) is 11.4. The van der Waals surface area contributed by atoms with Gasteiger partial charge in [-0.1, -0.05) is 45.0 Å². The van der Waals surface area contributed by atoms with Crippen molar-refractivity contribution in [2.75, 3.05) is 13.7 Å². The summed E-state index contributed by atoms with van der Waals surface area (Å²) in [5.74, 6) is 0. The lowest BCUT2D eigenvalue weighted by atomic mass is 9.86. The molecule has 1 N–H and O–H groups in total. The average molecular weight is 236 g/mol. The highest BCUT2D eigenvalue weighted by Gasteiger charge is 2.13. The first-order valence-corrected chi connectivity index (χ1v) is 6.20. The molecule has 1 aromatic rings. The normalized spacial score (nSPS) is 13.7. The van der Waals surface area contributed by atoms with Crippen molar-refractivity contribution in [1.82, 2.24) is 0 Å². The van der Waals surface area contributed by atoms with Crippen molar-refractivity contribution in [1.29, 1.82) is 0 Å². The van der Waals surface area contributed by atoms with Gasteiger partial charge in [0.1, 0.15) is 0 Å². The molecule has 2 nitrogen and oxygen atoms in total. The van der Waals surface area contributed by atoms with Gasteiger partial charge in [0, 0.05) is 13.7 Å². The van der Waals surface area contributed by atoms with Crippen molar-refractivity contribution in [3.63, 3.8) is 0 Å². The molecule has 0 amide bonds. The molecule has 1 aromatic carbocycles. The van der Waals surface area contributed by atoms with Crippen LogP contribution in [-0.2, 0) is 16.6 Å². The van der Waals surface area contributed by atoms with Crippen LogP contribution in [0.15, 0.2) is 24.3 Å². The van der Waals surface area contributed by atoms with Crippen molar-refractivity contribution in [2.24, 2.45) is 0 Å². The Labute approximate surface area is 105 Å². The largest absolute Gasteiger partial charge is 0.393 e. The molecule has 2 heteroatoms. The third-order valence-electron chi connectivity index (χ3n) is 2.95. The number of hydrogen-bond donors (Lipinski definition) is 1. The van der Waals surface area contributed by atoms with Gasteiger partial charge >= 0.3 is 0 Å². The number of benzene rings is 1. The molecule has 0 aromatic heterocycles. The summed E-state index contributed by atoms with van der Waals surface area (Å²) in [5, 5.41) is 9.78. The lowest BCUT2D eigenvalue weighted by Crippen LogP contribution is -2.14. The van der Waals surface area contributed by atoms with E-state index in [0.717, 1.165) is 0 Å². The summed E-state index contributed by atoms with van der Waals surface area (Å²) in [6.07, 6.45) is 1.08. The molecule has 1 atom stereocenters. The Bertz CT molecular complexity index is 322. The van der Waals surface area contributed by atoms with Crippen LogP contribution >= 0.6 is 0 Å². The summed E-state index contributed by atoms with van der Waals surface area (Å²) in [6, 6.07) is 8.52. The van der Waals surface area contributed by atoms with E-state index in [4.69, 9.17) is 4.74 Å². The second kappa shape index (κ2) is 6.18. The minimum absolute atomic E-state index is 0.188. The predicted octanol–water partition coefficient (Wildman–Crippen LogP) is 2.92. The number of ether oxygens (including phenoxy) is 1. The maximum absolute atomic E-state index is 9.78. The molecule has 0 heterocycles. The van der Waals surface area contributed by atoms with Crippen molar-refractivity contribution in [3.8, 4) is 0 Å². The molecule has 0 saturated heterocycles. The van der Waals surface area contributed by atoms with Crippen LogP contribution in [-0.4, -0.2) is 24.9 Å². The highest BCUT2D eigenvalue weighted by atomic mass is 16.5. The molecule has 0 radical (unpaired) electrons. The summed E-state index contributed by atoms with van der Waals surface area (Å²) in [6.45, 7) is 7.22. The minimum Gasteiger partial charge on any atom is -0.393 e. The second-order valence-corrected chi connectivity index (χ2v) is 5.59. The fourth-order valence-corrected chi connectivity index (χ4v) is 1.77. The fraction of sp³-hybridized carbons (Fsp3) is 0.600. The number of rotatable bonds is 5. The summed E-state index contributed by atoms with van der Waals surface area (Å²) in [4.78, 5) is 0. The number of aliphatic hydroxyl groups excluding tert-OH is 1. The van der Waals surface area contributed by atoms with Gasteiger partial charge in [0.25, 0.3) is 0 Å². The molecule has 0 fully saturated rings. The Balaban J connectivity index is 2.56. The monoisotopic (exact) mass is 236 g/mol. The van der Waals surface area contributed by atoms with Crippen LogP contribution in [0.4, 0.5) is 0 Å². The molecule has 96 valence electrons. The van der Waals surface area contributed by atoms with Crippen LogP contribution in [0.2, 0.25) is 0 Å². The van der Waals surface area contributed by atoms with Gasteiger partial charge in [-0.15, -0.1) is 0 Å². The smallest absolute Gasteiger partial charge is 0.0602 e. The Kier molecular flexibility index (Phi) is 5.16. The van der Waals surface area contributed by atoms with Gasteiger partial charge in [0.05, 0.1) is 6.10 Å². The van der Waals surface area contributed by atoms with Gasteiger partial charge in [-0.3, -0.25) is 0 Å². The zero-order chi connectivity index (χ0) is 12.9. The van der Waals surface area contributed by atoms with Crippen LogP contribution in [0, 0.1) is 0 Å². The van der Waals surface area contributed by atoms with Crippen molar-refractivity contribution >= 4 is 0 Å². The van der Waals surface area contributed by atoms with E-state index in [1.165, 1.54) is 11.1 Å². The fourth-order valence-electron chi connectivity index (χ4n) is 1.77. The Hall–Kier alpha value is -0.860. The van der Waals surface area contributed by atoms with E-state index >= 15 is 0 Å². The first-order chi connectivity index (χ1) is 7.93. The van der Waals surface area contributed by atoms with E-state index in [2.05, 4.69) is 45.0 Å². The van der Waals surface area contributed by atoms with Crippen LogP contribution in [0.25, 0.3) is 0 Å². The number of hydrogen-bond acceptors (Lipinski definition) is 2. The van der Waals surface area contributed by atoms with Crippen LogP contribution in [0.3, 0.4) is 0 Å². The molecule has 1 unspecified atom stereocenters. The van der Waals surface area contributed by atoms with E-state index in [1.54, 1.807) is 7.11 Å². The highest BCUT2D eigenvalue weighted by Crippen LogP contribution is 2.22.